The van der Waals surface area contributed by atoms with Gasteiger partial charge in [0.1, 0.15) is 0 Å². The zero-order valence-corrected chi connectivity index (χ0v) is 17.0. The third-order valence-electron chi connectivity index (χ3n) is 5.32. The van der Waals surface area contributed by atoms with E-state index in [1.54, 1.807) is 0 Å². The molecule has 1 aromatic heterocycles. The molecule has 1 aliphatic heterocycles. The lowest BCUT2D eigenvalue weighted by Gasteiger charge is -2.39. The van der Waals surface area contributed by atoms with Gasteiger partial charge >= 0.3 is 0 Å². The van der Waals surface area contributed by atoms with E-state index in [9.17, 15) is 8.42 Å². The second-order valence-electron chi connectivity index (χ2n) is 7.36. The van der Waals surface area contributed by atoms with Crippen LogP contribution in [0.2, 0.25) is 0 Å². The predicted molar refractivity (Wildman–Crippen MR) is 112 cm³/mol. The van der Waals surface area contributed by atoms with Crippen molar-refractivity contribution in [1.82, 2.24) is 9.80 Å². The van der Waals surface area contributed by atoms with E-state index in [0.717, 1.165) is 31.7 Å². The Morgan fingerprint density at radius 1 is 0.897 bits per heavy atom. The van der Waals surface area contributed by atoms with Crippen molar-refractivity contribution >= 4 is 10.0 Å². The van der Waals surface area contributed by atoms with Crippen LogP contribution in [0.5, 0.6) is 0 Å². The smallest absolute Gasteiger partial charge is 0.271 e. The zero-order chi connectivity index (χ0) is 20.3. The molecule has 0 unspecified atom stereocenters. The highest BCUT2D eigenvalue weighted by atomic mass is 32.2. The van der Waals surface area contributed by atoms with Gasteiger partial charge in [0.15, 0.2) is 0 Å². The summed E-state index contributed by atoms with van der Waals surface area (Å²) in [6, 6.07) is 22.9. The van der Waals surface area contributed by atoms with Crippen LogP contribution in [-0.2, 0) is 16.6 Å². The van der Waals surface area contributed by atoms with Crippen molar-refractivity contribution in [1.29, 1.82) is 0 Å². The summed E-state index contributed by atoms with van der Waals surface area (Å²) in [5.41, 5.74) is 3.41. The molecule has 0 aliphatic carbocycles. The van der Waals surface area contributed by atoms with Gasteiger partial charge in [0.2, 0.25) is 5.09 Å². The molecule has 152 valence electrons. The maximum Gasteiger partial charge on any atom is 0.271 e. The minimum Gasteiger partial charge on any atom is -0.451 e. The lowest BCUT2D eigenvalue weighted by Crippen LogP contribution is -2.47. The van der Waals surface area contributed by atoms with Crippen molar-refractivity contribution in [3.8, 4) is 0 Å². The fourth-order valence-electron chi connectivity index (χ4n) is 3.91. The van der Waals surface area contributed by atoms with Crippen LogP contribution >= 0.6 is 0 Å². The SMILES string of the molecule is NS(=O)(=O)c1cc(CN2CCN(C(c3ccccc3)c3ccccc3)CC2)co1. The Balaban J connectivity index is 1.45. The molecule has 0 saturated carbocycles. The Labute approximate surface area is 171 Å². The first-order chi connectivity index (χ1) is 14.0. The van der Waals surface area contributed by atoms with Crippen LogP contribution < -0.4 is 5.14 Å². The summed E-state index contributed by atoms with van der Waals surface area (Å²) in [5, 5.41) is 4.94. The van der Waals surface area contributed by atoms with Crippen molar-refractivity contribution < 1.29 is 12.8 Å². The largest absolute Gasteiger partial charge is 0.451 e. The summed E-state index contributed by atoms with van der Waals surface area (Å²) in [5.74, 6) is 0. The Kier molecular flexibility index (Phi) is 5.82. The monoisotopic (exact) mass is 411 g/mol. The maximum atomic E-state index is 11.4. The van der Waals surface area contributed by atoms with E-state index < -0.39 is 10.0 Å². The number of piperazine rings is 1. The van der Waals surface area contributed by atoms with E-state index in [-0.39, 0.29) is 11.1 Å². The van der Waals surface area contributed by atoms with Crippen molar-refractivity contribution in [2.24, 2.45) is 5.14 Å². The van der Waals surface area contributed by atoms with Crippen molar-refractivity contribution in [3.05, 3.63) is 89.7 Å². The Bertz CT molecular complexity index is 988. The zero-order valence-electron chi connectivity index (χ0n) is 16.1. The molecule has 29 heavy (non-hydrogen) atoms. The van der Waals surface area contributed by atoms with Crippen LogP contribution in [-0.4, -0.2) is 44.4 Å². The second kappa shape index (κ2) is 8.51. The molecule has 0 radical (unpaired) electrons. The van der Waals surface area contributed by atoms with Crippen LogP contribution in [0, 0.1) is 0 Å². The molecule has 1 saturated heterocycles. The van der Waals surface area contributed by atoms with Gasteiger partial charge in [-0.05, 0) is 11.1 Å². The summed E-state index contributed by atoms with van der Waals surface area (Å²) in [6.45, 7) is 4.29. The molecule has 1 fully saturated rings. The third kappa shape index (κ3) is 4.76. The molecule has 2 N–H and O–H groups in total. The fraction of sp³-hybridized carbons (Fsp3) is 0.273. The molecule has 4 rings (SSSR count). The topological polar surface area (TPSA) is 79.8 Å². The van der Waals surface area contributed by atoms with E-state index in [0.29, 0.717) is 6.54 Å². The number of primary sulfonamides is 1. The molecule has 1 aliphatic rings. The van der Waals surface area contributed by atoms with Gasteiger partial charge < -0.3 is 4.42 Å². The number of sulfonamides is 1. The van der Waals surface area contributed by atoms with Crippen molar-refractivity contribution in [2.45, 2.75) is 17.7 Å². The van der Waals surface area contributed by atoms with E-state index in [1.807, 2.05) is 12.1 Å². The van der Waals surface area contributed by atoms with Gasteiger partial charge in [0, 0.05) is 44.4 Å². The molecule has 7 heteroatoms. The highest BCUT2D eigenvalue weighted by Crippen LogP contribution is 2.29. The van der Waals surface area contributed by atoms with Gasteiger partial charge in [-0.2, -0.15) is 0 Å². The highest BCUT2D eigenvalue weighted by molar-refractivity contribution is 7.89. The maximum absolute atomic E-state index is 11.4. The lowest BCUT2D eigenvalue weighted by molar-refractivity contribution is 0.105. The summed E-state index contributed by atoms with van der Waals surface area (Å²) >= 11 is 0. The minimum atomic E-state index is -3.80. The third-order valence-corrected chi connectivity index (χ3v) is 6.09. The normalized spacial score (nSPS) is 16.3. The molecule has 3 aromatic rings. The van der Waals surface area contributed by atoms with Crippen LogP contribution in [0.15, 0.2) is 82.5 Å². The number of nitrogens with two attached hydrogens (primary N) is 1. The van der Waals surface area contributed by atoms with E-state index in [4.69, 9.17) is 9.56 Å². The van der Waals surface area contributed by atoms with Gasteiger partial charge in [0.25, 0.3) is 10.0 Å². The number of hydrogen-bond acceptors (Lipinski definition) is 5. The molecular weight excluding hydrogens is 386 g/mol. The van der Waals surface area contributed by atoms with Gasteiger partial charge in [-0.25, -0.2) is 13.6 Å². The minimum absolute atomic E-state index is 0.181. The average Bonchev–Trinajstić information content (AvgIpc) is 3.20. The first-order valence-corrected chi connectivity index (χ1v) is 11.2. The second-order valence-corrected chi connectivity index (χ2v) is 8.85. The van der Waals surface area contributed by atoms with Gasteiger partial charge in [-0.15, -0.1) is 0 Å². The fourth-order valence-corrected chi connectivity index (χ4v) is 4.41. The summed E-state index contributed by atoms with van der Waals surface area (Å²) in [6.07, 6.45) is 1.48. The molecule has 0 spiro atoms. The first-order valence-electron chi connectivity index (χ1n) is 9.67. The number of benzene rings is 2. The standard InChI is InChI=1S/C22H25N3O3S/c23-29(26,27)21-15-18(17-28-21)16-24-11-13-25(14-12-24)22(19-7-3-1-4-8-19)20-9-5-2-6-10-20/h1-10,15,17,22H,11-14,16H2,(H2,23,26,27). The van der Waals surface area contributed by atoms with Gasteiger partial charge in [-0.3, -0.25) is 9.80 Å². The number of hydrogen-bond donors (Lipinski definition) is 1. The molecular formula is C22H25N3O3S. The van der Waals surface area contributed by atoms with Crippen molar-refractivity contribution in [2.75, 3.05) is 26.2 Å². The van der Waals surface area contributed by atoms with Crippen molar-refractivity contribution in [3.63, 3.8) is 0 Å². The van der Waals surface area contributed by atoms with Crippen LogP contribution in [0.4, 0.5) is 0 Å². The quantitative estimate of drug-likeness (QED) is 0.675. The average molecular weight is 412 g/mol. The molecule has 0 bridgehead atoms. The van der Waals surface area contributed by atoms with E-state index in [1.165, 1.54) is 23.5 Å². The Morgan fingerprint density at radius 3 is 1.93 bits per heavy atom. The number of nitrogens with zero attached hydrogens (tertiary/aromatic N) is 2. The summed E-state index contributed by atoms with van der Waals surface area (Å²) in [4.78, 5) is 4.81. The lowest BCUT2D eigenvalue weighted by atomic mass is 9.96. The van der Waals surface area contributed by atoms with E-state index >= 15 is 0 Å². The van der Waals surface area contributed by atoms with Crippen LogP contribution in [0.25, 0.3) is 0 Å². The molecule has 0 amide bonds. The number of rotatable bonds is 6. The first kappa shape index (κ1) is 19.8. The van der Waals surface area contributed by atoms with Crippen LogP contribution in [0.3, 0.4) is 0 Å². The predicted octanol–water partition coefficient (Wildman–Crippen LogP) is 2.83. The summed E-state index contributed by atoms with van der Waals surface area (Å²) < 4.78 is 27.9. The van der Waals surface area contributed by atoms with E-state index in [2.05, 4.69) is 58.3 Å². The van der Waals surface area contributed by atoms with Crippen LogP contribution in [0.1, 0.15) is 22.7 Å². The van der Waals surface area contributed by atoms with Gasteiger partial charge in [0.05, 0.1) is 12.3 Å². The highest BCUT2D eigenvalue weighted by Gasteiger charge is 2.26. The Morgan fingerprint density at radius 2 is 1.45 bits per heavy atom. The van der Waals surface area contributed by atoms with Gasteiger partial charge in [-0.1, -0.05) is 60.7 Å². The molecule has 2 aromatic carbocycles. The number of furan rings is 1. The Hall–Kier alpha value is -2.45. The molecule has 6 nitrogen and oxygen atoms in total. The summed E-state index contributed by atoms with van der Waals surface area (Å²) in [7, 11) is -3.80. The molecule has 0 atom stereocenters. The molecule has 2 heterocycles.